The van der Waals surface area contributed by atoms with Crippen LogP contribution in [0.5, 0.6) is 0 Å². The molecule has 2 aromatic carbocycles. The van der Waals surface area contributed by atoms with Crippen LogP contribution in [0.2, 0.25) is 0 Å². The smallest absolute Gasteiger partial charge is 0.221 e. The van der Waals surface area contributed by atoms with Crippen molar-refractivity contribution in [1.29, 1.82) is 0 Å². The molecule has 146 valence electrons. The summed E-state index contributed by atoms with van der Waals surface area (Å²) in [5.41, 5.74) is 3.63. The summed E-state index contributed by atoms with van der Waals surface area (Å²) in [7, 11) is 2.17. The SMILES string of the molecule is C[NH+](Cc1ccc(N2CCOCC2)cc1)Cn1[nH]c(-c2ccccc2)nc1=S. The van der Waals surface area contributed by atoms with Crippen molar-refractivity contribution in [2.75, 3.05) is 38.3 Å². The predicted molar refractivity (Wildman–Crippen MR) is 113 cm³/mol. The zero-order chi connectivity index (χ0) is 19.3. The van der Waals surface area contributed by atoms with Gasteiger partial charge in [-0.05, 0) is 24.4 Å². The number of anilines is 1. The van der Waals surface area contributed by atoms with Crippen molar-refractivity contribution in [2.24, 2.45) is 0 Å². The van der Waals surface area contributed by atoms with E-state index in [1.54, 1.807) is 0 Å². The first kappa shape index (κ1) is 18.9. The van der Waals surface area contributed by atoms with E-state index < -0.39 is 0 Å². The Morgan fingerprint density at radius 3 is 2.50 bits per heavy atom. The van der Waals surface area contributed by atoms with Crippen molar-refractivity contribution >= 4 is 17.9 Å². The van der Waals surface area contributed by atoms with Gasteiger partial charge in [-0.25, -0.2) is 4.68 Å². The first-order valence-electron chi connectivity index (χ1n) is 9.64. The highest BCUT2D eigenvalue weighted by Gasteiger charge is 2.12. The quantitative estimate of drug-likeness (QED) is 0.627. The zero-order valence-corrected chi connectivity index (χ0v) is 16.9. The second-order valence-corrected chi connectivity index (χ2v) is 7.57. The number of ether oxygens (including phenoxy) is 1. The number of hydrogen-bond acceptors (Lipinski definition) is 4. The molecule has 1 fully saturated rings. The topological polar surface area (TPSA) is 50.5 Å². The Bertz CT molecular complexity index is 945. The number of quaternary nitrogens is 1. The number of benzene rings is 2. The molecule has 0 spiro atoms. The van der Waals surface area contributed by atoms with Gasteiger partial charge in [0, 0.05) is 29.9 Å². The van der Waals surface area contributed by atoms with Crippen LogP contribution in [-0.2, 0) is 18.0 Å². The Kier molecular flexibility index (Phi) is 5.85. The summed E-state index contributed by atoms with van der Waals surface area (Å²) in [5.74, 6) is 0.813. The van der Waals surface area contributed by atoms with E-state index in [2.05, 4.69) is 46.3 Å². The third kappa shape index (κ3) is 4.49. The second kappa shape index (κ2) is 8.68. The van der Waals surface area contributed by atoms with Crippen molar-refractivity contribution in [2.45, 2.75) is 13.2 Å². The fourth-order valence-electron chi connectivity index (χ4n) is 3.51. The summed E-state index contributed by atoms with van der Waals surface area (Å²) >= 11 is 5.44. The number of hydrogen-bond donors (Lipinski definition) is 2. The molecule has 1 atom stereocenters. The molecule has 0 radical (unpaired) electrons. The van der Waals surface area contributed by atoms with E-state index in [-0.39, 0.29) is 0 Å². The Balaban J connectivity index is 1.38. The number of aromatic nitrogens is 3. The second-order valence-electron chi connectivity index (χ2n) is 7.21. The third-order valence-electron chi connectivity index (χ3n) is 4.97. The minimum absolute atomic E-state index is 0.584. The van der Waals surface area contributed by atoms with Crippen LogP contribution >= 0.6 is 12.2 Å². The summed E-state index contributed by atoms with van der Waals surface area (Å²) in [6.07, 6.45) is 0. The summed E-state index contributed by atoms with van der Waals surface area (Å²) in [6.45, 7) is 5.21. The molecule has 1 aliphatic rings. The Hall–Kier alpha value is -2.48. The molecule has 28 heavy (non-hydrogen) atoms. The highest BCUT2D eigenvalue weighted by atomic mass is 32.1. The van der Waals surface area contributed by atoms with Gasteiger partial charge in [0.05, 0.1) is 20.3 Å². The predicted octanol–water partition coefficient (Wildman–Crippen LogP) is 2.12. The Morgan fingerprint density at radius 2 is 1.79 bits per heavy atom. The summed E-state index contributed by atoms with van der Waals surface area (Å²) in [4.78, 5) is 8.20. The molecule has 1 aliphatic heterocycles. The standard InChI is InChI=1S/C21H25N5OS/c1-24(15-17-7-9-19(10-8-17)25-11-13-27-14-12-25)16-26-21(28)22-20(23-26)18-5-3-2-4-6-18/h2-10H,11-16H2,1H3,(H,22,23,28)/p+1. The lowest BCUT2D eigenvalue weighted by Gasteiger charge is -2.29. The van der Waals surface area contributed by atoms with Crippen molar-refractivity contribution < 1.29 is 9.64 Å². The van der Waals surface area contributed by atoms with Crippen LogP contribution < -0.4 is 9.80 Å². The van der Waals surface area contributed by atoms with Crippen LogP contribution in [0.25, 0.3) is 11.4 Å². The Morgan fingerprint density at radius 1 is 1.07 bits per heavy atom. The third-order valence-corrected chi connectivity index (χ3v) is 5.28. The average Bonchev–Trinajstić information content (AvgIpc) is 3.10. The molecule has 0 bridgehead atoms. The maximum absolute atomic E-state index is 5.44. The maximum atomic E-state index is 5.44. The van der Waals surface area contributed by atoms with Crippen LogP contribution in [-0.4, -0.2) is 48.1 Å². The van der Waals surface area contributed by atoms with E-state index in [1.807, 2.05) is 35.0 Å². The lowest BCUT2D eigenvalue weighted by molar-refractivity contribution is -0.917. The van der Waals surface area contributed by atoms with Crippen LogP contribution in [0.4, 0.5) is 5.69 Å². The van der Waals surface area contributed by atoms with Crippen molar-refractivity contribution in [3.63, 3.8) is 0 Å². The van der Waals surface area contributed by atoms with E-state index in [1.165, 1.54) is 16.2 Å². The van der Waals surface area contributed by atoms with Gasteiger partial charge in [0.15, 0.2) is 12.5 Å². The van der Waals surface area contributed by atoms with Crippen molar-refractivity contribution in [3.05, 3.63) is 64.9 Å². The van der Waals surface area contributed by atoms with E-state index >= 15 is 0 Å². The molecule has 1 aromatic heterocycles. The molecule has 1 unspecified atom stereocenters. The molecule has 0 aliphatic carbocycles. The number of rotatable bonds is 6. The molecule has 2 heterocycles. The maximum Gasteiger partial charge on any atom is 0.221 e. The van der Waals surface area contributed by atoms with Crippen LogP contribution in [0.1, 0.15) is 5.56 Å². The number of nitrogens with one attached hydrogen (secondary N) is 2. The monoisotopic (exact) mass is 396 g/mol. The highest BCUT2D eigenvalue weighted by molar-refractivity contribution is 7.71. The lowest BCUT2D eigenvalue weighted by Crippen LogP contribution is -3.07. The first-order chi connectivity index (χ1) is 13.7. The fourth-order valence-corrected chi connectivity index (χ4v) is 3.71. The van der Waals surface area contributed by atoms with Gasteiger partial charge in [-0.1, -0.05) is 42.5 Å². The lowest BCUT2D eigenvalue weighted by atomic mass is 10.2. The van der Waals surface area contributed by atoms with Gasteiger partial charge in [0.25, 0.3) is 0 Å². The molecular weight excluding hydrogens is 370 g/mol. The van der Waals surface area contributed by atoms with Crippen LogP contribution in [0, 0.1) is 4.77 Å². The molecule has 4 rings (SSSR count). The van der Waals surface area contributed by atoms with Crippen molar-refractivity contribution in [1.82, 2.24) is 14.8 Å². The van der Waals surface area contributed by atoms with E-state index in [0.717, 1.165) is 50.9 Å². The number of H-pyrrole nitrogens is 1. The molecule has 0 saturated carbocycles. The molecule has 0 amide bonds. The van der Waals surface area contributed by atoms with Crippen molar-refractivity contribution in [3.8, 4) is 11.4 Å². The minimum Gasteiger partial charge on any atom is -0.378 e. The van der Waals surface area contributed by atoms with Crippen LogP contribution in [0.15, 0.2) is 54.6 Å². The summed E-state index contributed by atoms with van der Waals surface area (Å²) in [6, 6.07) is 18.9. The van der Waals surface area contributed by atoms with Gasteiger partial charge in [-0.2, -0.15) is 4.98 Å². The summed E-state index contributed by atoms with van der Waals surface area (Å²) in [5, 5.41) is 3.33. The largest absolute Gasteiger partial charge is 0.378 e. The Labute approximate surface area is 170 Å². The molecule has 2 N–H and O–H groups in total. The molecule has 1 saturated heterocycles. The average molecular weight is 397 g/mol. The van der Waals surface area contributed by atoms with Gasteiger partial charge >= 0.3 is 0 Å². The summed E-state index contributed by atoms with van der Waals surface area (Å²) < 4.78 is 7.95. The molecule has 3 aromatic rings. The zero-order valence-electron chi connectivity index (χ0n) is 16.1. The first-order valence-corrected chi connectivity index (χ1v) is 10.0. The van der Waals surface area contributed by atoms with E-state index in [0.29, 0.717) is 4.77 Å². The fraction of sp³-hybridized carbons (Fsp3) is 0.333. The van der Waals surface area contributed by atoms with Crippen LogP contribution in [0.3, 0.4) is 0 Å². The van der Waals surface area contributed by atoms with Gasteiger partial charge in [-0.15, -0.1) is 0 Å². The number of nitrogens with zero attached hydrogens (tertiary/aromatic N) is 3. The highest BCUT2D eigenvalue weighted by Crippen LogP contribution is 2.16. The molecule has 7 heteroatoms. The normalized spacial score (nSPS) is 15.5. The van der Waals surface area contributed by atoms with E-state index in [4.69, 9.17) is 17.0 Å². The van der Waals surface area contributed by atoms with E-state index in [9.17, 15) is 0 Å². The van der Waals surface area contributed by atoms with Gasteiger partial charge in [0.1, 0.15) is 6.54 Å². The molecular formula is C21H26N5OS+. The minimum atomic E-state index is 0.584. The number of aromatic amines is 1. The van der Waals surface area contributed by atoms with Gasteiger partial charge < -0.3 is 14.5 Å². The molecule has 6 nitrogen and oxygen atoms in total. The van der Waals surface area contributed by atoms with Gasteiger partial charge in [-0.3, -0.25) is 5.10 Å². The van der Waals surface area contributed by atoms with Gasteiger partial charge in [0.2, 0.25) is 4.77 Å². The number of morpholine rings is 1.